The summed E-state index contributed by atoms with van der Waals surface area (Å²) in [7, 11) is 0. The molecule has 0 aliphatic carbocycles. The number of aromatic amines is 1. The summed E-state index contributed by atoms with van der Waals surface area (Å²) in [5.41, 5.74) is 7.93. The Morgan fingerprint density at radius 2 is 2.06 bits per heavy atom. The molecule has 0 aliphatic rings. The largest absolute Gasteiger partial charge is 0.320 e. The highest BCUT2D eigenvalue weighted by Crippen LogP contribution is 2.13. The third-order valence-electron chi connectivity index (χ3n) is 2.67. The Hall–Kier alpha value is -2.25. The zero-order valence-corrected chi connectivity index (χ0v) is 9.51. The van der Waals surface area contributed by atoms with Gasteiger partial charge in [0.25, 0.3) is 11.5 Å². The topological polar surface area (TPSA) is 127 Å². The minimum Gasteiger partial charge on any atom is -0.320 e. The van der Waals surface area contributed by atoms with Gasteiger partial charge in [-0.05, 0) is 6.07 Å². The third kappa shape index (κ3) is 2.22. The van der Waals surface area contributed by atoms with Crippen molar-refractivity contribution in [3.05, 3.63) is 40.3 Å². The Kier molecular flexibility index (Phi) is 3.35. The van der Waals surface area contributed by atoms with Crippen molar-refractivity contribution >= 4 is 16.7 Å². The van der Waals surface area contributed by atoms with Gasteiger partial charge in [-0.1, -0.05) is 18.2 Å². The number of hydrogen-bond acceptors (Lipinski definition) is 5. The molecule has 0 saturated carbocycles. The quantitative estimate of drug-likeness (QED) is 0.307. The van der Waals surface area contributed by atoms with Crippen LogP contribution in [0.4, 0.5) is 0 Å². The zero-order valence-electron chi connectivity index (χ0n) is 9.51. The first-order chi connectivity index (χ1) is 8.63. The summed E-state index contributed by atoms with van der Waals surface area (Å²) in [5.74, 6) is 4.53. The van der Waals surface area contributed by atoms with Crippen molar-refractivity contribution in [2.24, 2.45) is 11.6 Å². The van der Waals surface area contributed by atoms with E-state index in [0.717, 1.165) is 0 Å². The molecule has 7 heteroatoms. The molecule has 0 fully saturated rings. The lowest BCUT2D eigenvalue weighted by molar-refractivity contribution is -0.122. The molecule has 2 aromatic rings. The Morgan fingerprint density at radius 1 is 1.39 bits per heavy atom. The van der Waals surface area contributed by atoms with Crippen LogP contribution in [-0.4, -0.2) is 22.1 Å². The van der Waals surface area contributed by atoms with E-state index < -0.39 is 11.9 Å². The minimum atomic E-state index is -0.809. The van der Waals surface area contributed by atoms with Gasteiger partial charge in [0.15, 0.2) is 0 Å². The van der Waals surface area contributed by atoms with E-state index in [0.29, 0.717) is 16.5 Å². The summed E-state index contributed by atoms with van der Waals surface area (Å²) in [4.78, 5) is 22.8. The van der Waals surface area contributed by atoms with E-state index in [4.69, 9.17) is 11.6 Å². The molecule has 1 unspecified atom stereocenters. The highest BCUT2D eigenvalue weighted by Gasteiger charge is 2.15. The number of rotatable bonds is 3. The normalized spacial score (nSPS) is 12.3. The fourth-order valence-electron chi connectivity index (χ4n) is 1.74. The van der Waals surface area contributed by atoms with Crippen LogP contribution >= 0.6 is 0 Å². The number of nitrogens with two attached hydrogens (primary N) is 2. The van der Waals surface area contributed by atoms with Gasteiger partial charge in [-0.25, -0.2) is 10.9 Å². The van der Waals surface area contributed by atoms with Crippen molar-refractivity contribution in [2.75, 3.05) is 0 Å². The molecule has 7 nitrogen and oxygen atoms in total. The second kappa shape index (κ2) is 4.94. The van der Waals surface area contributed by atoms with E-state index in [2.05, 4.69) is 10.2 Å². The van der Waals surface area contributed by atoms with Crippen molar-refractivity contribution in [3.63, 3.8) is 0 Å². The average molecular weight is 247 g/mol. The van der Waals surface area contributed by atoms with Crippen LogP contribution in [0, 0.1) is 0 Å². The summed E-state index contributed by atoms with van der Waals surface area (Å²) in [5, 5.41) is 7.50. The second-order valence-corrected chi connectivity index (χ2v) is 3.86. The van der Waals surface area contributed by atoms with Crippen molar-refractivity contribution in [1.82, 2.24) is 15.6 Å². The fraction of sp³-hybridized carbons (Fsp3) is 0.182. The number of hydrazine groups is 1. The van der Waals surface area contributed by atoms with Gasteiger partial charge in [0.1, 0.15) is 0 Å². The number of amides is 1. The van der Waals surface area contributed by atoms with Crippen LogP contribution in [0.25, 0.3) is 10.8 Å². The van der Waals surface area contributed by atoms with Crippen molar-refractivity contribution in [3.8, 4) is 0 Å². The maximum atomic E-state index is 11.6. The van der Waals surface area contributed by atoms with Crippen molar-refractivity contribution in [1.29, 1.82) is 0 Å². The monoisotopic (exact) mass is 247 g/mol. The molecule has 0 radical (unpaired) electrons. The molecule has 2 rings (SSSR count). The van der Waals surface area contributed by atoms with Crippen LogP contribution in [0.1, 0.15) is 5.69 Å². The lowest BCUT2D eigenvalue weighted by atomic mass is 10.1. The number of fused-ring (bicyclic) bond motifs is 1. The summed E-state index contributed by atoms with van der Waals surface area (Å²) in [6.07, 6.45) is 0.195. The van der Waals surface area contributed by atoms with E-state index in [1.54, 1.807) is 24.3 Å². The number of benzene rings is 1. The lowest BCUT2D eigenvalue weighted by Gasteiger charge is -2.10. The first kappa shape index (κ1) is 12.2. The number of hydrogen-bond donors (Lipinski definition) is 4. The van der Waals surface area contributed by atoms with Gasteiger partial charge in [-0.15, -0.1) is 0 Å². The standard InChI is InChI=1S/C11H13N5O2/c12-8(11(18)14-13)5-9-6-3-1-2-4-7(6)10(17)16-15-9/h1-4,8H,5,12-13H2,(H,14,18)(H,16,17). The molecule has 0 spiro atoms. The Balaban J connectivity index is 2.43. The maximum Gasteiger partial charge on any atom is 0.272 e. The lowest BCUT2D eigenvalue weighted by Crippen LogP contribution is -2.45. The Morgan fingerprint density at radius 3 is 2.72 bits per heavy atom. The predicted octanol–water partition coefficient (Wildman–Crippen LogP) is -1.22. The van der Waals surface area contributed by atoms with Gasteiger partial charge in [-0.3, -0.25) is 15.0 Å². The van der Waals surface area contributed by atoms with Crippen LogP contribution in [0.3, 0.4) is 0 Å². The third-order valence-corrected chi connectivity index (χ3v) is 2.67. The maximum absolute atomic E-state index is 11.6. The minimum absolute atomic E-state index is 0.195. The van der Waals surface area contributed by atoms with Gasteiger partial charge in [-0.2, -0.15) is 5.10 Å². The molecule has 1 aromatic carbocycles. The second-order valence-electron chi connectivity index (χ2n) is 3.86. The average Bonchev–Trinajstić information content (AvgIpc) is 2.41. The van der Waals surface area contributed by atoms with Crippen LogP contribution < -0.4 is 22.6 Å². The van der Waals surface area contributed by atoms with Gasteiger partial charge < -0.3 is 5.73 Å². The smallest absolute Gasteiger partial charge is 0.272 e. The number of carbonyl (C=O) groups excluding carboxylic acids is 1. The molecular formula is C11H13N5O2. The van der Waals surface area contributed by atoms with E-state index in [1.165, 1.54) is 0 Å². The van der Waals surface area contributed by atoms with Crippen molar-refractivity contribution < 1.29 is 4.79 Å². The van der Waals surface area contributed by atoms with E-state index in [-0.39, 0.29) is 12.0 Å². The number of nitrogens with one attached hydrogen (secondary N) is 2. The van der Waals surface area contributed by atoms with Gasteiger partial charge in [0, 0.05) is 11.8 Å². The summed E-state index contributed by atoms with van der Waals surface area (Å²) in [6, 6.07) is 6.19. The Bertz CT molecular complexity index is 637. The highest BCUT2D eigenvalue weighted by molar-refractivity contribution is 5.85. The van der Waals surface area contributed by atoms with E-state index in [1.807, 2.05) is 5.43 Å². The first-order valence-corrected chi connectivity index (χ1v) is 5.36. The first-order valence-electron chi connectivity index (χ1n) is 5.36. The number of aromatic nitrogens is 2. The molecule has 18 heavy (non-hydrogen) atoms. The molecule has 0 bridgehead atoms. The fourth-order valence-corrected chi connectivity index (χ4v) is 1.74. The zero-order chi connectivity index (χ0) is 13.1. The predicted molar refractivity (Wildman–Crippen MR) is 66.4 cm³/mol. The van der Waals surface area contributed by atoms with Gasteiger partial charge in [0.2, 0.25) is 0 Å². The SMILES string of the molecule is NNC(=O)C(N)Cc1n[nH]c(=O)c2ccccc12. The molecule has 0 aliphatic heterocycles. The summed E-state index contributed by atoms with van der Waals surface area (Å²) < 4.78 is 0. The van der Waals surface area contributed by atoms with E-state index >= 15 is 0 Å². The summed E-state index contributed by atoms with van der Waals surface area (Å²) in [6.45, 7) is 0. The molecular weight excluding hydrogens is 234 g/mol. The van der Waals surface area contributed by atoms with E-state index in [9.17, 15) is 9.59 Å². The highest BCUT2D eigenvalue weighted by atomic mass is 16.2. The number of H-pyrrole nitrogens is 1. The number of carbonyl (C=O) groups is 1. The molecule has 1 atom stereocenters. The van der Waals surface area contributed by atoms with Crippen LogP contribution in [-0.2, 0) is 11.2 Å². The molecule has 1 amide bonds. The molecule has 1 heterocycles. The molecule has 94 valence electrons. The van der Waals surface area contributed by atoms with Gasteiger partial charge in [0.05, 0.1) is 17.1 Å². The van der Waals surface area contributed by atoms with Crippen LogP contribution in [0.5, 0.6) is 0 Å². The summed E-state index contributed by atoms with van der Waals surface area (Å²) >= 11 is 0. The van der Waals surface area contributed by atoms with Gasteiger partial charge >= 0.3 is 0 Å². The van der Waals surface area contributed by atoms with Crippen LogP contribution in [0.2, 0.25) is 0 Å². The van der Waals surface area contributed by atoms with Crippen molar-refractivity contribution in [2.45, 2.75) is 12.5 Å². The number of nitrogens with zero attached hydrogens (tertiary/aromatic N) is 1. The molecule has 1 aromatic heterocycles. The van der Waals surface area contributed by atoms with Crippen LogP contribution in [0.15, 0.2) is 29.1 Å². The molecule has 6 N–H and O–H groups in total. The Labute approximate surface area is 102 Å². The molecule has 0 saturated heterocycles.